The average molecular weight is 891 g/mol. The summed E-state index contributed by atoms with van der Waals surface area (Å²) in [6, 6.07) is 20.1. The Hall–Kier alpha value is -6.37. The molecular formula is C45H47ClN10O6S. The van der Waals surface area contributed by atoms with Crippen molar-refractivity contribution in [1.29, 1.82) is 0 Å². The van der Waals surface area contributed by atoms with Crippen molar-refractivity contribution >= 4 is 58.1 Å². The zero-order valence-corrected chi connectivity index (χ0v) is 36.3. The van der Waals surface area contributed by atoms with E-state index in [0.717, 1.165) is 23.3 Å². The number of likely N-dealkylation sites (tertiary alicyclic amines) is 1. The number of fused-ring (bicyclic) bond motifs is 2. The monoisotopic (exact) mass is 890 g/mol. The van der Waals surface area contributed by atoms with Crippen molar-refractivity contribution in [2.24, 2.45) is 5.73 Å². The maximum Gasteiger partial charge on any atom is 0.296 e. The fourth-order valence-corrected chi connectivity index (χ4v) is 7.48. The number of aromatic nitrogens is 5. The van der Waals surface area contributed by atoms with E-state index in [1.807, 2.05) is 41.3 Å². The van der Waals surface area contributed by atoms with E-state index in [-0.39, 0.29) is 32.2 Å². The summed E-state index contributed by atoms with van der Waals surface area (Å²) >= 11 is 7.55. The Morgan fingerprint density at radius 3 is 2.24 bits per heavy atom. The van der Waals surface area contributed by atoms with Crippen molar-refractivity contribution in [3.8, 4) is 35.2 Å². The average Bonchev–Trinajstić information content (AvgIpc) is 3.87. The Morgan fingerprint density at radius 1 is 0.873 bits per heavy atom. The molecule has 0 radical (unpaired) electrons. The number of carbonyl (C=O) groups excluding carboxylic acids is 3. The van der Waals surface area contributed by atoms with Gasteiger partial charge in [0.25, 0.3) is 17.6 Å². The first-order chi connectivity index (χ1) is 30.7. The van der Waals surface area contributed by atoms with Gasteiger partial charge < -0.3 is 40.8 Å². The maximum atomic E-state index is 12.9. The van der Waals surface area contributed by atoms with Crippen molar-refractivity contribution in [2.45, 2.75) is 50.1 Å². The number of piperidine rings is 1. The van der Waals surface area contributed by atoms with Gasteiger partial charge in [0.05, 0.1) is 26.2 Å². The van der Waals surface area contributed by atoms with Crippen LogP contribution in [0, 0.1) is 23.7 Å². The van der Waals surface area contributed by atoms with Crippen LogP contribution in [-0.4, -0.2) is 112 Å². The molecule has 0 bridgehead atoms. The third-order valence-electron chi connectivity index (χ3n) is 9.89. The van der Waals surface area contributed by atoms with Gasteiger partial charge in [-0.05, 0) is 60.0 Å². The van der Waals surface area contributed by atoms with E-state index in [0.29, 0.717) is 102 Å². The number of thioether (sulfide) groups is 1. The zero-order chi connectivity index (χ0) is 44.0. The van der Waals surface area contributed by atoms with Gasteiger partial charge in [-0.2, -0.15) is 0 Å². The fourth-order valence-electron chi connectivity index (χ4n) is 6.66. The highest BCUT2D eigenvalue weighted by molar-refractivity contribution is 7.99. The highest BCUT2D eigenvalue weighted by Gasteiger charge is 2.45. The molecule has 16 nitrogen and oxygen atoms in total. The van der Waals surface area contributed by atoms with Gasteiger partial charge in [-0.25, -0.2) is 14.6 Å². The minimum atomic E-state index is -0.839. The van der Waals surface area contributed by atoms with Crippen LogP contribution in [0.5, 0.6) is 11.5 Å². The van der Waals surface area contributed by atoms with E-state index in [1.165, 1.54) is 0 Å². The molecule has 2 aromatic heterocycles. The lowest BCUT2D eigenvalue weighted by Gasteiger charge is -2.37. The van der Waals surface area contributed by atoms with Crippen molar-refractivity contribution in [1.82, 2.24) is 40.5 Å². The molecule has 0 atom stereocenters. The van der Waals surface area contributed by atoms with Crippen LogP contribution in [0.1, 0.15) is 48.4 Å². The molecule has 2 aliphatic rings. The maximum absolute atomic E-state index is 12.9. The number of halogens is 1. The molecule has 3 amide bonds. The van der Waals surface area contributed by atoms with Crippen LogP contribution in [0.25, 0.3) is 11.2 Å². The number of hydrogen-bond acceptors (Lipinski definition) is 13. The second-order valence-corrected chi connectivity index (χ2v) is 16.1. The van der Waals surface area contributed by atoms with Crippen molar-refractivity contribution in [3.63, 3.8) is 0 Å². The molecule has 5 N–H and O–H groups in total. The van der Waals surface area contributed by atoms with E-state index < -0.39 is 17.6 Å². The molecule has 1 spiro atoms. The van der Waals surface area contributed by atoms with Gasteiger partial charge in [0.2, 0.25) is 5.91 Å². The van der Waals surface area contributed by atoms with Crippen molar-refractivity contribution in [3.05, 3.63) is 94.0 Å². The number of ether oxygens (including phenoxy) is 3. The molecule has 18 heteroatoms. The summed E-state index contributed by atoms with van der Waals surface area (Å²) in [5.41, 5.74) is 10.1. The molecule has 0 saturated carbocycles. The number of nitrogens with two attached hydrogens (primary N) is 1. The van der Waals surface area contributed by atoms with E-state index in [2.05, 4.69) is 61.9 Å². The molecule has 326 valence electrons. The standard InChI is InChI=1S/C45H47ClN10O6S/c1-2-27-63-44-51-42(50-20-19-47)41-43(52-44)56(54-53-41)30-34-5-3-31(4-6-34)10-15-38(57)48-21-25-60-26-22-49-39(58)16-11-32-9-14-36-37(28-32)62-45(61-36)17-23-55(24-18-45)40(59)29-33-7-12-35(46)13-8-33/h3-9,12-14,28H,2,17-27,29-30,47H2,1H3,(H,48,57)(H,49,58)(H,50,51,52). The van der Waals surface area contributed by atoms with Crippen LogP contribution < -0.4 is 31.2 Å². The van der Waals surface area contributed by atoms with Gasteiger partial charge in [-0.1, -0.05) is 71.6 Å². The molecular weight excluding hydrogens is 844 g/mol. The summed E-state index contributed by atoms with van der Waals surface area (Å²) in [7, 11) is 0. The predicted octanol–water partition coefficient (Wildman–Crippen LogP) is 3.78. The molecule has 0 unspecified atom stereocenters. The second-order valence-electron chi connectivity index (χ2n) is 14.6. The number of carbonyl (C=O) groups is 3. The zero-order valence-electron chi connectivity index (χ0n) is 34.7. The highest BCUT2D eigenvalue weighted by Crippen LogP contribution is 2.44. The predicted molar refractivity (Wildman–Crippen MR) is 239 cm³/mol. The molecule has 0 aliphatic carbocycles. The van der Waals surface area contributed by atoms with E-state index >= 15 is 0 Å². The molecule has 1 saturated heterocycles. The van der Waals surface area contributed by atoms with Crippen LogP contribution in [0.4, 0.5) is 5.82 Å². The molecule has 2 aliphatic heterocycles. The minimum absolute atomic E-state index is 0.0466. The smallest absolute Gasteiger partial charge is 0.296 e. The minimum Gasteiger partial charge on any atom is -0.448 e. The molecule has 63 heavy (non-hydrogen) atoms. The third-order valence-corrected chi connectivity index (χ3v) is 11.2. The summed E-state index contributed by atoms with van der Waals surface area (Å²) in [5, 5.41) is 18.6. The Bertz CT molecular complexity index is 2540. The first-order valence-corrected chi connectivity index (χ1v) is 22.0. The summed E-state index contributed by atoms with van der Waals surface area (Å²) in [6.07, 6.45) is 2.35. The van der Waals surface area contributed by atoms with Gasteiger partial charge in [-0.15, -0.1) is 5.10 Å². The number of anilines is 1. The highest BCUT2D eigenvalue weighted by atomic mass is 35.5. The van der Waals surface area contributed by atoms with Gasteiger partial charge >= 0.3 is 0 Å². The number of nitrogens with one attached hydrogen (secondary N) is 3. The second kappa shape index (κ2) is 21.6. The van der Waals surface area contributed by atoms with Crippen LogP contribution in [0.15, 0.2) is 71.9 Å². The van der Waals surface area contributed by atoms with Crippen LogP contribution >= 0.6 is 23.4 Å². The first-order valence-electron chi connectivity index (χ1n) is 20.7. The lowest BCUT2D eigenvalue weighted by atomic mass is 10.0. The number of nitrogens with zero attached hydrogens (tertiary/aromatic N) is 6. The van der Waals surface area contributed by atoms with Gasteiger partial charge in [0, 0.05) is 85.9 Å². The van der Waals surface area contributed by atoms with Gasteiger partial charge in [-0.3, -0.25) is 14.4 Å². The summed E-state index contributed by atoms with van der Waals surface area (Å²) < 4.78 is 19.7. The third kappa shape index (κ3) is 12.4. The Balaban J connectivity index is 0.777. The molecule has 1 fully saturated rings. The van der Waals surface area contributed by atoms with Crippen LogP contribution in [0.2, 0.25) is 5.02 Å². The Morgan fingerprint density at radius 2 is 1.54 bits per heavy atom. The summed E-state index contributed by atoms with van der Waals surface area (Å²) in [4.78, 5) is 48.7. The Kier molecular flexibility index (Phi) is 15.3. The topological polar surface area (TPSA) is 201 Å². The number of hydrogen-bond donors (Lipinski definition) is 4. The number of rotatable bonds is 16. The quantitative estimate of drug-likeness (QED) is 0.0484. The van der Waals surface area contributed by atoms with Crippen molar-refractivity contribution < 1.29 is 28.6 Å². The molecule has 3 aromatic carbocycles. The normalized spacial score (nSPS) is 13.5. The molecule has 5 aromatic rings. The van der Waals surface area contributed by atoms with Crippen LogP contribution in [0.3, 0.4) is 0 Å². The lowest BCUT2D eigenvalue weighted by molar-refractivity contribution is -0.145. The molecule has 4 heterocycles. The molecule has 7 rings (SSSR count). The van der Waals surface area contributed by atoms with E-state index in [4.69, 9.17) is 36.5 Å². The van der Waals surface area contributed by atoms with Crippen LogP contribution in [-0.2, 0) is 32.1 Å². The fraction of sp³-hybridized carbons (Fsp3) is 0.356. The Labute approximate surface area is 374 Å². The first kappa shape index (κ1) is 44.7. The largest absolute Gasteiger partial charge is 0.448 e. The van der Waals surface area contributed by atoms with Gasteiger partial charge in [0.1, 0.15) is 0 Å². The van der Waals surface area contributed by atoms with Gasteiger partial charge in [0.15, 0.2) is 33.6 Å². The summed E-state index contributed by atoms with van der Waals surface area (Å²) in [6.45, 7) is 5.56. The van der Waals surface area contributed by atoms with E-state index in [1.54, 1.807) is 46.8 Å². The number of benzene rings is 3. The van der Waals surface area contributed by atoms with Crippen molar-refractivity contribution in [2.75, 3.05) is 63.6 Å². The summed E-state index contributed by atoms with van der Waals surface area (Å²) in [5.74, 6) is 11.9. The SMILES string of the molecule is CCCSc1nc(NCCN)c2nnn(Cc3ccc(C#CC(=O)NCCOCCNC(=O)C#Cc4ccc5c(c4)OC4(CCN(C(=O)Cc6ccc(Cl)cc6)CC4)O5)cc3)c2n1. The van der Waals surface area contributed by atoms with E-state index in [9.17, 15) is 14.4 Å². The lowest BCUT2D eigenvalue weighted by Crippen LogP contribution is -2.51. The number of amides is 3.